The van der Waals surface area contributed by atoms with Crippen LogP contribution in [0.5, 0.6) is 0 Å². The van der Waals surface area contributed by atoms with E-state index in [2.05, 4.69) is 10.1 Å². The number of halogens is 5. The van der Waals surface area contributed by atoms with Crippen LogP contribution >= 0.6 is 34.5 Å². The number of aryl methyl sites for hydroxylation is 3. The highest BCUT2D eigenvalue weighted by atomic mass is 35.5. The molecule has 0 saturated heterocycles. The smallest absolute Gasteiger partial charge is 0.323 e. The fourth-order valence-corrected chi connectivity index (χ4v) is 4.60. The highest BCUT2D eigenvalue weighted by Crippen LogP contribution is 2.29. The van der Waals surface area contributed by atoms with E-state index in [0.29, 0.717) is 38.4 Å². The third-order valence-electron chi connectivity index (χ3n) is 4.56. The minimum Gasteiger partial charge on any atom is -0.323 e. The lowest BCUT2D eigenvalue weighted by atomic mass is 10.1. The first-order valence-corrected chi connectivity index (χ1v) is 10.6. The molecular weight excluding hydrogens is 472 g/mol. The van der Waals surface area contributed by atoms with E-state index in [9.17, 15) is 18.0 Å². The number of benzene rings is 1. The van der Waals surface area contributed by atoms with Gasteiger partial charge >= 0.3 is 6.18 Å². The van der Waals surface area contributed by atoms with Gasteiger partial charge in [-0.3, -0.25) is 4.79 Å². The number of pyridine rings is 1. The zero-order valence-corrected chi connectivity index (χ0v) is 18.5. The topological polar surface area (TPSA) is 73.3 Å². The minimum atomic E-state index is -4.70. The average molecular weight is 489 g/mol. The number of alkyl halides is 3. The fraction of sp³-hybridized carbons (Fsp3) is 0.250. The standard InChI is InChI=1S/C20H17Cl2F3N4OS/c1-11-18(16(28-26)10-12-14(21)5-2-6-15(12)22)31-17(27-11)7-9-29-8-3-4-13(19(29)30)20(23,24)25/h2-6,8H,7,9-10,26H2,1H3/b28-16-. The number of rotatable bonds is 6. The molecule has 164 valence electrons. The van der Waals surface area contributed by atoms with E-state index in [1.54, 1.807) is 25.1 Å². The Hall–Kier alpha value is -2.36. The Morgan fingerprint density at radius 2 is 1.90 bits per heavy atom. The van der Waals surface area contributed by atoms with Crippen molar-refractivity contribution in [2.24, 2.45) is 10.9 Å². The molecule has 0 radical (unpaired) electrons. The zero-order chi connectivity index (χ0) is 22.8. The second-order valence-electron chi connectivity index (χ2n) is 6.64. The predicted octanol–water partition coefficient (Wildman–Crippen LogP) is 5.09. The molecule has 0 aliphatic carbocycles. The fourth-order valence-electron chi connectivity index (χ4n) is 3.02. The molecule has 31 heavy (non-hydrogen) atoms. The number of hydrogen-bond donors (Lipinski definition) is 1. The molecule has 0 atom stereocenters. The molecule has 5 nitrogen and oxygen atoms in total. The molecule has 3 rings (SSSR count). The second kappa shape index (κ2) is 9.42. The molecule has 3 aromatic rings. The molecule has 0 aliphatic heterocycles. The summed E-state index contributed by atoms with van der Waals surface area (Å²) in [7, 11) is 0. The summed E-state index contributed by atoms with van der Waals surface area (Å²) >= 11 is 13.8. The normalized spacial score (nSPS) is 12.4. The quantitative estimate of drug-likeness (QED) is 0.298. The van der Waals surface area contributed by atoms with E-state index in [-0.39, 0.29) is 13.0 Å². The number of hydrogen-bond acceptors (Lipinski definition) is 5. The van der Waals surface area contributed by atoms with Gasteiger partial charge in [0.1, 0.15) is 5.56 Å². The molecule has 0 spiro atoms. The van der Waals surface area contributed by atoms with Crippen LogP contribution in [0.2, 0.25) is 10.0 Å². The lowest BCUT2D eigenvalue weighted by molar-refractivity contribution is -0.139. The van der Waals surface area contributed by atoms with Crippen molar-refractivity contribution in [3.8, 4) is 0 Å². The molecule has 2 aromatic heterocycles. The van der Waals surface area contributed by atoms with Gasteiger partial charge in [-0.15, -0.1) is 11.3 Å². The van der Waals surface area contributed by atoms with E-state index in [1.165, 1.54) is 23.6 Å². The Morgan fingerprint density at radius 3 is 2.52 bits per heavy atom. The van der Waals surface area contributed by atoms with Crippen LogP contribution < -0.4 is 11.4 Å². The van der Waals surface area contributed by atoms with Crippen molar-refractivity contribution in [1.82, 2.24) is 9.55 Å². The molecule has 0 unspecified atom stereocenters. The monoisotopic (exact) mass is 488 g/mol. The van der Waals surface area contributed by atoms with Crippen LogP contribution in [0.1, 0.15) is 26.7 Å². The number of thiazole rings is 1. The first-order chi connectivity index (χ1) is 14.6. The Balaban J connectivity index is 1.81. The minimum absolute atomic E-state index is 0.0561. The molecule has 2 N–H and O–H groups in total. The molecule has 2 heterocycles. The van der Waals surface area contributed by atoms with Gasteiger partial charge < -0.3 is 10.4 Å². The SMILES string of the molecule is Cc1nc(CCn2cccc(C(F)(F)F)c2=O)sc1/C(Cc1c(Cl)cccc1Cl)=N\N. The molecule has 0 saturated carbocycles. The Labute approximate surface area is 189 Å². The van der Waals surface area contributed by atoms with Gasteiger partial charge in [-0.1, -0.05) is 29.3 Å². The summed E-state index contributed by atoms with van der Waals surface area (Å²) < 4.78 is 39.9. The third-order valence-corrected chi connectivity index (χ3v) is 6.53. The van der Waals surface area contributed by atoms with Gasteiger partial charge in [0.2, 0.25) is 0 Å². The number of hydrazone groups is 1. The number of nitrogens with zero attached hydrogens (tertiary/aromatic N) is 3. The third kappa shape index (κ3) is 5.28. The highest BCUT2D eigenvalue weighted by Gasteiger charge is 2.34. The maximum atomic E-state index is 12.9. The van der Waals surface area contributed by atoms with Gasteiger partial charge in [0.15, 0.2) is 0 Å². The van der Waals surface area contributed by atoms with E-state index >= 15 is 0 Å². The first kappa shape index (κ1) is 23.3. The summed E-state index contributed by atoms with van der Waals surface area (Å²) in [5, 5.41) is 5.48. The molecule has 0 amide bonds. The van der Waals surface area contributed by atoms with Crippen molar-refractivity contribution < 1.29 is 13.2 Å². The van der Waals surface area contributed by atoms with Gasteiger partial charge in [-0.25, -0.2) is 4.98 Å². The van der Waals surface area contributed by atoms with E-state index in [0.717, 1.165) is 15.5 Å². The molecule has 0 bridgehead atoms. The van der Waals surface area contributed by atoms with Crippen LogP contribution in [-0.2, 0) is 25.6 Å². The summed E-state index contributed by atoms with van der Waals surface area (Å²) in [6.45, 7) is 1.84. The van der Waals surface area contributed by atoms with Crippen LogP contribution in [0.4, 0.5) is 13.2 Å². The van der Waals surface area contributed by atoms with Gasteiger partial charge in [0, 0.05) is 35.6 Å². The van der Waals surface area contributed by atoms with E-state index in [1.807, 2.05) is 0 Å². The van der Waals surface area contributed by atoms with Gasteiger partial charge in [-0.05, 0) is 36.8 Å². The molecular formula is C20H17Cl2F3N4OS. The maximum absolute atomic E-state index is 12.9. The average Bonchev–Trinajstić information content (AvgIpc) is 3.06. The summed E-state index contributed by atoms with van der Waals surface area (Å²) in [6.07, 6.45) is -2.80. The Bertz CT molecular complexity index is 1170. The zero-order valence-electron chi connectivity index (χ0n) is 16.2. The summed E-state index contributed by atoms with van der Waals surface area (Å²) in [6, 6.07) is 7.14. The van der Waals surface area contributed by atoms with Crippen molar-refractivity contribution >= 4 is 40.3 Å². The van der Waals surface area contributed by atoms with Crippen molar-refractivity contribution in [3.05, 3.63) is 83.6 Å². The van der Waals surface area contributed by atoms with Crippen LogP contribution in [0.15, 0.2) is 46.4 Å². The van der Waals surface area contributed by atoms with Crippen molar-refractivity contribution in [2.75, 3.05) is 0 Å². The van der Waals surface area contributed by atoms with Crippen LogP contribution in [0, 0.1) is 6.92 Å². The Morgan fingerprint density at radius 1 is 1.23 bits per heavy atom. The number of nitrogens with two attached hydrogens (primary N) is 1. The largest absolute Gasteiger partial charge is 0.421 e. The van der Waals surface area contributed by atoms with E-state index < -0.39 is 17.3 Å². The number of aromatic nitrogens is 2. The molecule has 1 aromatic carbocycles. The first-order valence-electron chi connectivity index (χ1n) is 9.04. The summed E-state index contributed by atoms with van der Waals surface area (Å²) in [5.74, 6) is 5.60. The highest BCUT2D eigenvalue weighted by molar-refractivity contribution is 7.13. The van der Waals surface area contributed by atoms with E-state index in [4.69, 9.17) is 29.0 Å². The predicted molar refractivity (Wildman–Crippen MR) is 117 cm³/mol. The molecule has 0 aliphatic rings. The van der Waals surface area contributed by atoms with Crippen LogP contribution in [0.25, 0.3) is 0 Å². The van der Waals surface area contributed by atoms with Crippen molar-refractivity contribution in [3.63, 3.8) is 0 Å². The molecule has 0 fully saturated rings. The van der Waals surface area contributed by atoms with Gasteiger partial charge in [-0.2, -0.15) is 18.3 Å². The molecule has 11 heteroatoms. The second-order valence-corrected chi connectivity index (χ2v) is 8.54. The van der Waals surface area contributed by atoms with Gasteiger partial charge in [0.05, 0.1) is 21.3 Å². The van der Waals surface area contributed by atoms with Gasteiger partial charge in [0.25, 0.3) is 5.56 Å². The lowest BCUT2D eigenvalue weighted by Gasteiger charge is -2.09. The summed E-state index contributed by atoms with van der Waals surface area (Å²) in [5.41, 5.74) is -0.391. The Kier molecular flexibility index (Phi) is 7.08. The lowest BCUT2D eigenvalue weighted by Crippen LogP contribution is -2.28. The summed E-state index contributed by atoms with van der Waals surface area (Å²) in [4.78, 5) is 17.3. The maximum Gasteiger partial charge on any atom is 0.421 e. The van der Waals surface area contributed by atoms with Crippen LogP contribution in [-0.4, -0.2) is 15.3 Å². The van der Waals surface area contributed by atoms with Crippen molar-refractivity contribution in [2.45, 2.75) is 32.5 Å². The van der Waals surface area contributed by atoms with Crippen LogP contribution in [0.3, 0.4) is 0 Å². The van der Waals surface area contributed by atoms with Crippen molar-refractivity contribution in [1.29, 1.82) is 0 Å².